The normalized spacial score (nSPS) is 18.0. The van der Waals surface area contributed by atoms with Crippen molar-refractivity contribution in [1.29, 1.82) is 0 Å². The molecule has 2 aromatic carbocycles. The monoisotopic (exact) mass is 283 g/mol. The van der Waals surface area contributed by atoms with Crippen molar-refractivity contribution < 1.29 is 14.6 Å². The van der Waals surface area contributed by atoms with Crippen LogP contribution in [0.1, 0.15) is 35.6 Å². The van der Waals surface area contributed by atoms with Crippen molar-refractivity contribution in [1.82, 2.24) is 0 Å². The van der Waals surface area contributed by atoms with E-state index in [1.54, 1.807) is 7.11 Å². The second kappa shape index (κ2) is 5.22. The molecule has 21 heavy (non-hydrogen) atoms. The first kappa shape index (κ1) is 13.6. The molecule has 2 N–H and O–H groups in total. The number of fused-ring (bicyclic) bond motifs is 1. The average Bonchev–Trinajstić information content (AvgIpc) is 2.81. The first-order valence-corrected chi connectivity index (χ1v) is 6.87. The second-order valence-electron chi connectivity index (χ2n) is 5.23. The molecule has 1 aliphatic heterocycles. The molecule has 4 heteroatoms. The predicted octanol–water partition coefficient (Wildman–Crippen LogP) is 2.83. The fraction of sp³-hybridized carbons (Fsp3) is 0.235. The van der Waals surface area contributed by atoms with Gasteiger partial charge in [0.15, 0.2) is 0 Å². The zero-order chi connectivity index (χ0) is 15.0. The summed E-state index contributed by atoms with van der Waals surface area (Å²) in [4.78, 5) is 11.7. The highest BCUT2D eigenvalue weighted by Crippen LogP contribution is 2.35. The number of carbonyl (C=O) groups excluding carboxylic acids is 1. The lowest BCUT2D eigenvalue weighted by Crippen LogP contribution is -2.08. The highest BCUT2D eigenvalue weighted by molar-refractivity contribution is 6.02. The number of methoxy groups -OCH3 is 1. The van der Waals surface area contributed by atoms with Crippen molar-refractivity contribution >= 4 is 11.6 Å². The number of hydrogen-bond donors (Lipinski definition) is 2. The number of ether oxygens (including phenoxy) is 1. The summed E-state index contributed by atoms with van der Waals surface area (Å²) in [6.45, 7) is 1.87. The quantitative estimate of drug-likeness (QED) is 0.910. The fourth-order valence-corrected chi connectivity index (χ4v) is 2.58. The Balaban J connectivity index is 1.91. The van der Waals surface area contributed by atoms with Crippen LogP contribution in [0.15, 0.2) is 42.5 Å². The summed E-state index contributed by atoms with van der Waals surface area (Å²) < 4.78 is 5.11. The zero-order valence-electron chi connectivity index (χ0n) is 12.0. The average molecular weight is 283 g/mol. The van der Waals surface area contributed by atoms with Crippen LogP contribution in [0.5, 0.6) is 5.75 Å². The molecular formula is C17H17NO3. The minimum Gasteiger partial charge on any atom is -0.497 e. The van der Waals surface area contributed by atoms with E-state index < -0.39 is 6.10 Å². The van der Waals surface area contributed by atoms with Gasteiger partial charge >= 0.3 is 0 Å². The molecule has 2 atom stereocenters. The molecule has 0 fully saturated rings. The summed E-state index contributed by atoms with van der Waals surface area (Å²) >= 11 is 0. The summed E-state index contributed by atoms with van der Waals surface area (Å²) in [5.41, 5.74) is 3.34. The Kier molecular flexibility index (Phi) is 3.39. The number of anilines is 1. The van der Waals surface area contributed by atoms with Gasteiger partial charge < -0.3 is 15.2 Å². The molecule has 0 radical (unpaired) electrons. The maximum absolute atomic E-state index is 11.7. The third kappa shape index (κ3) is 2.38. The third-order valence-corrected chi connectivity index (χ3v) is 3.94. The molecule has 0 bridgehead atoms. The third-order valence-electron chi connectivity index (χ3n) is 3.94. The summed E-state index contributed by atoms with van der Waals surface area (Å²) in [5, 5.41) is 13.3. The lowest BCUT2D eigenvalue weighted by molar-refractivity contribution is -0.116. The standard InChI is InChI=1S/C17H17NO3/c1-10-14-9-12(5-8-15(14)18-17(10)20)16(19)11-3-6-13(21-2)7-4-11/h3-10,16,19H,1-2H3,(H,18,20). The molecule has 108 valence electrons. The van der Waals surface area contributed by atoms with Gasteiger partial charge in [-0.05, 0) is 47.9 Å². The minimum absolute atomic E-state index is 0.00101. The first-order chi connectivity index (χ1) is 10.1. The van der Waals surface area contributed by atoms with Crippen LogP contribution in [0.2, 0.25) is 0 Å². The predicted molar refractivity (Wildman–Crippen MR) is 80.5 cm³/mol. The number of amides is 1. The molecule has 0 saturated carbocycles. The number of hydrogen-bond acceptors (Lipinski definition) is 3. The fourth-order valence-electron chi connectivity index (χ4n) is 2.58. The summed E-state index contributed by atoms with van der Waals surface area (Å²) in [7, 11) is 1.61. The summed E-state index contributed by atoms with van der Waals surface area (Å²) in [5.74, 6) is 0.576. The highest BCUT2D eigenvalue weighted by Gasteiger charge is 2.27. The van der Waals surface area contributed by atoms with Crippen molar-refractivity contribution in [2.75, 3.05) is 12.4 Å². The second-order valence-corrected chi connectivity index (χ2v) is 5.23. The van der Waals surface area contributed by atoms with Crippen LogP contribution in [0.4, 0.5) is 5.69 Å². The van der Waals surface area contributed by atoms with Crippen LogP contribution in [0.25, 0.3) is 0 Å². The lowest BCUT2D eigenvalue weighted by Gasteiger charge is -2.14. The number of benzene rings is 2. The van der Waals surface area contributed by atoms with Crippen LogP contribution in [-0.2, 0) is 4.79 Å². The topological polar surface area (TPSA) is 58.6 Å². The molecular weight excluding hydrogens is 266 g/mol. The maximum Gasteiger partial charge on any atom is 0.231 e. The summed E-state index contributed by atoms with van der Waals surface area (Å²) in [6, 6.07) is 12.9. The van der Waals surface area contributed by atoms with Crippen molar-refractivity contribution in [3.8, 4) is 5.75 Å². The van der Waals surface area contributed by atoms with Crippen LogP contribution in [0.3, 0.4) is 0 Å². The van der Waals surface area contributed by atoms with Crippen molar-refractivity contribution in [2.24, 2.45) is 0 Å². The molecule has 0 spiro atoms. The molecule has 1 aliphatic rings. The SMILES string of the molecule is COc1ccc(C(O)c2ccc3c(c2)C(C)C(=O)N3)cc1. The number of aliphatic hydroxyl groups is 1. The molecule has 0 aromatic heterocycles. The largest absolute Gasteiger partial charge is 0.497 e. The Labute approximate surface area is 123 Å². The van der Waals surface area contributed by atoms with Gasteiger partial charge in [-0.3, -0.25) is 4.79 Å². The summed E-state index contributed by atoms with van der Waals surface area (Å²) in [6.07, 6.45) is -0.718. The van der Waals surface area contributed by atoms with E-state index in [0.29, 0.717) is 0 Å². The first-order valence-electron chi connectivity index (χ1n) is 6.87. The van der Waals surface area contributed by atoms with E-state index in [-0.39, 0.29) is 11.8 Å². The van der Waals surface area contributed by atoms with E-state index in [4.69, 9.17) is 4.74 Å². The Morgan fingerprint density at radius 3 is 2.48 bits per heavy atom. The van der Waals surface area contributed by atoms with E-state index in [1.165, 1.54) is 0 Å². The molecule has 1 amide bonds. The van der Waals surface area contributed by atoms with Gasteiger partial charge in [-0.2, -0.15) is 0 Å². The smallest absolute Gasteiger partial charge is 0.231 e. The molecule has 0 saturated heterocycles. The maximum atomic E-state index is 11.7. The highest BCUT2D eigenvalue weighted by atomic mass is 16.5. The number of nitrogens with one attached hydrogen (secondary N) is 1. The molecule has 0 aliphatic carbocycles. The van der Waals surface area contributed by atoms with Crippen LogP contribution < -0.4 is 10.1 Å². The Morgan fingerprint density at radius 1 is 1.14 bits per heavy atom. The van der Waals surface area contributed by atoms with Gasteiger partial charge in [0.25, 0.3) is 0 Å². The number of carbonyl (C=O) groups is 1. The van der Waals surface area contributed by atoms with Crippen molar-refractivity contribution in [2.45, 2.75) is 18.9 Å². The Hall–Kier alpha value is -2.33. The van der Waals surface area contributed by atoms with E-state index in [1.807, 2.05) is 49.4 Å². The lowest BCUT2D eigenvalue weighted by atomic mass is 9.95. The van der Waals surface area contributed by atoms with Crippen LogP contribution in [0, 0.1) is 0 Å². The van der Waals surface area contributed by atoms with Gasteiger partial charge in [-0.1, -0.05) is 18.2 Å². The molecule has 3 rings (SSSR count). The number of aliphatic hydroxyl groups excluding tert-OH is 1. The van der Waals surface area contributed by atoms with Crippen molar-refractivity contribution in [3.05, 3.63) is 59.2 Å². The van der Waals surface area contributed by atoms with Crippen LogP contribution in [-0.4, -0.2) is 18.1 Å². The van der Waals surface area contributed by atoms with Crippen LogP contribution >= 0.6 is 0 Å². The Bertz CT molecular complexity index is 679. The van der Waals surface area contributed by atoms with E-state index in [0.717, 1.165) is 28.1 Å². The van der Waals surface area contributed by atoms with Gasteiger partial charge in [0.2, 0.25) is 5.91 Å². The molecule has 2 aromatic rings. The van der Waals surface area contributed by atoms with E-state index in [9.17, 15) is 9.90 Å². The van der Waals surface area contributed by atoms with Gasteiger partial charge in [0.1, 0.15) is 11.9 Å². The number of rotatable bonds is 3. The van der Waals surface area contributed by atoms with Gasteiger partial charge in [0.05, 0.1) is 13.0 Å². The van der Waals surface area contributed by atoms with Gasteiger partial charge in [0, 0.05) is 5.69 Å². The van der Waals surface area contributed by atoms with Crippen molar-refractivity contribution in [3.63, 3.8) is 0 Å². The molecule has 4 nitrogen and oxygen atoms in total. The van der Waals surface area contributed by atoms with E-state index >= 15 is 0 Å². The van der Waals surface area contributed by atoms with Gasteiger partial charge in [-0.25, -0.2) is 0 Å². The molecule has 2 unspecified atom stereocenters. The Morgan fingerprint density at radius 2 is 1.81 bits per heavy atom. The van der Waals surface area contributed by atoms with E-state index in [2.05, 4.69) is 5.32 Å². The minimum atomic E-state index is -0.718. The molecule has 1 heterocycles. The van der Waals surface area contributed by atoms with Gasteiger partial charge in [-0.15, -0.1) is 0 Å². The zero-order valence-corrected chi connectivity index (χ0v) is 12.0.